The molecular formula is C18H16N2O2S2. The third-order valence-electron chi connectivity index (χ3n) is 3.38. The van der Waals surface area contributed by atoms with Gasteiger partial charge in [0.05, 0.1) is 23.8 Å². The van der Waals surface area contributed by atoms with Crippen molar-refractivity contribution in [3.63, 3.8) is 0 Å². The van der Waals surface area contributed by atoms with Crippen LogP contribution in [-0.2, 0) is 16.6 Å². The van der Waals surface area contributed by atoms with Crippen LogP contribution in [0.25, 0.3) is 6.08 Å². The number of rotatable bonds is 6. The van der Waals surface area contributed by atoms with Crippen LogP contribution in [0.4, 0.5) is 5.69 Å². The molecule has 2 aromatic heterocycles. The van der Waals surface area contributed by atoms with Crippen molar-refractivity contribution < 1.29 is 8.42 Å². The van der Waals surface area contributed by atoms with E-state index < -0.39 is 10.0 Å². The van der Waals surface area contributed by atoms with Crippen molar-refractivity contribution in [2.75, 3.05) is 4.31 Å². The fourth-order valence-corrected chi connectivity index (χ4v) is 4.05. The third kappa shape index (κ3) is 4.10. The first-order valence-electron chi connectivity index (χ1n) is 7.32. The fourth-order valence-electron chi connectivity index (χ4n) is 2.18. The first-order chi connectivity index (χ1) is 11.6. The smallest absolute Gasteiger partial charge is 0.257 e. The number of thiophene rings is 1. The van der Waals surface area contributed by atoms with Crippen LogP contribution in [0.1, 0.15) is 11.1 Å². The highest BCUT2D eigenvalue weighted by Gasteiger charge is 2.20. The third-order valence-corrected chi connectivity index (χ3v) is 5.55. The normalized spacial score (nSPS) is 11.7. The van der Waals surface area contributed by atoms with Crippen molar-refractivity contribution in [2.24, 2.45) is 0 Å². The molecule has 0 spiro atoms. The summed E-state index contributed by atoms with van der Waals surface area (Å²) >= 11 is 1.54. The Bertz CT molecular complexity index is 891. The van der Waals surface area contributed by atoms with Gasteiger partial charge in [0, 0.05) is 6.20 Å². The zero-order chi connectivity index (χ0) is 16.8. The van der Waals surface area contributed by atoms with Gasteiger partial charge >= 0.3 is 0 Å². The molecule has 1 aromatic carbocycles. The molecule has 0 saturated heterocycles. The van der Waals surface area contributed by atoms with Crippen LogP contribution in [-0.4, -0.2) is 13.4 Å². The molecular weight excluding hydrogens is 340 g/mol. The van der Waals surface area contributed by atoms with E-state index in [9.17, 15) is 8.42 Å². The van der Waals surface area contributed by atoms with Crippen LogP contribution in [0.15, 0.2) is 77.1 Å². The molecule has 0 radical (unpaired) electrons. The van der Waals surface area contributed by atoms with Crippen molar-refractivity contribution in [1.29, 1.82) is 0 Å². The maximum atomic E-state index is 12.8. The summed E-state index contributed by atoms with van der Waals surface area (Å²) in [5, 5.41) is 5.12. The van der Waals surface area contributed by atoms with Gasteiger partial charge in [-0.15, -0.1) is 0 Å². The minimum Gasteiger partial charge on any atom is -0.263 e. The maximum Gasteiger partial charge on any atom is 0.257 e. The zero-order valence-corrected chi connectivity index (χ0v) is 14.5. The summed E-state index contributed by atoms with van der Waals surface area (Å²) in [5.41, 5.74) is 2.32. The van der Waals surface area contributed by atoms with Gasteiger partial charge in [-0.25, -0.2) is 8.42 Å². The molecule has 24 heavy (non-hydrogen) atoms. The summed E-state index contributed by atoms with van der Waals surface area (Å²) in [7, 11) is -3.63. The summed E-state index contributed by atoms with van der Waals surface area (Å²) in [6, 6.07) is 14.8. The number of hydrogen-bond donors (Lipinski definition) is 0. The standard InChI is InChI=1S/C18H16N2O2S2/c21-24(22,12-9-16-5-2-1-3-6-16)20(14-17-8-11-23-15-17)18-7-4-10-19-13-18/h1-13,15H,14H2/b12-9-. The number of hydrogen-bond acceptors (Lipinski definition) is 4. The van der Waals surface area contributed by atoms with Gasteiger partial charge in [-0.1, -0.05) is 30.3 Å². The second-order valence-corrected chi connectivity index (χ2v) is 7.63. The van der Waals surface area contributed by atoms with Crippen LogP contribution in [0.3, 0.4) is 0 Å². The van der Waals surface area contributed by atoms with Crippen molar-refractivity contribution in [3.8, 4) is 0 Å². The molecule has 4 nitrogen and oxygen atoms in total. The van der Waals surface area contributed by atoms with Crippen molar-refractivity contribution in [3.05, 3.63) is 88.2 Å². The lowest BCUT2D eigenvalue weighted by molar-refractivity contribution is 0.599. The second-order valence-electron chi connectivity index (χ2n) is 5.11. The molecule has 0 amide bonds. The lowest BCUT2D eigenvalue weighted by Crippen LogP contribution is -2.28. The molecule has 0 bridgehead atoms. The number of anilines is 1. The number of sulfonamides is 1. The van der Waals surface area contributed by atoms with Gasteiger partial charge < -0.3 is 0 Å². The van der Waals surface area contributed by atoms with E-state index >= 15 is 0 Å². The summed E-state index contributed by atoms with van der Waals surface area (Å²) < 4.78 is 27.1. The number of pyridine rings is 1. The molecule has 3 aromatic rings. The lowest BCUT2D eigenvalue weighted by Gasteiger charge is -2.21. The van der Waals surface area contributed by atoms with Crippen LogP contribution < -0.4 is 4.31 Å². The largest absolute Gasteiger partial charge is 0.263 e. The Kier molecular flexibility index (Phi) is 5.08. The topological polar surface area (TPSA) is 50.3 Å². The van der Waals surface area contributed by atoms with Crippen LogP contribution in [0.5, 0.6) is 0 Å². The lowest BCUT2D eigenvalue weighted by atomic mass is 10.2. The predicted octanol–water partition coefficient (Wildman–Crippen LogP) is 4.15. The van der Waals surface area contributed by atoms with Gasteiger partial charge in [0.1, 0.15) is 0 Å². The molecule has 0 unspecified atom stereocenters. The Morgan fingerprint density at radius 3 is 2.58 bits per heavy atom. The number of nitrogens with zero attached hydrogens (tertiary/aromatic N) is 2. The van der Waals surface area contributed by atoms with Gasteiger partial charge in [0.2, 0.25) is 0 Å². The average Bonchev–Trinajstić information content (AvgIpc) is 3.13. The summed E-state index contributed by atoms with van der Waals surface area (Å²) in [6.45, 7) is 0.274. The SMILES string of the molecule is O=S(=O)(/C=C\c1ccccc1)N(Cc1ccsc1)c1cccnc1. The van der Waals surface area contributed by atoms with Crippen LogP contribution in [0.2, 0.25) is 0 Å². The first-order valence-corrected chi connectivity index (χ1v) is 9.77. The van der Waals surface area contributed by atoms with E-state index in [0.717, 1.165) is 11.1 Å². The Labute approximate surface area is 145 Å². The molecule has 0 N–H and O–H groups in total. The van der Waals surface area contributed by atoms with E-state index in [4.69, 9.17) is 0 Å². The van der Waals surface area contributed by atoms with Crippen molar-refractivity contribution >= 4 is 33.1 Å². The highest BCUT2D eigenvalue weighted by Crippen LogP contribution is 2.22. The number of benzene rings is 1. The van der Waals surface area contributed by atoms with Crippen molar-refractivity contribution in [1.82, 2.24) is 4.98 Å². The van der Waals surface area contributed by atoms with Gasteiger partial charge in [0.15, 0.2) is 0 Å². The monoisotopic (exact) mass is 356 g/mol. The Hall–Kier alpha value is -2.44. The van der Waals surface area contributed by atoms with Gasteiger partial charge in [0.25, 0.3) is 10.0 Å². The minimum absolute atomic E-state index is 0.274. The molecule has 2 heterocycles. The minimum atomic E-state index is -3.63. The summed E-state index contributed by atoms with van der Waals surface area (Å²) in [5.74, 6) is 0. The van der Waals surface area contributed by atoms with Crippen LogP contribution >= 0.6 is 11.3 Å². The molecule has 0 aliphatic carbocycles. The maximum absolute atomic E-state index is 12.8. The fraction of sp³-hybridized carbons (Fsp3) is 0.0556. The second kappa shape index (κ2) is 7.42. The van der Waals surface area contributed by atoms with E-state index in [1.807, 2.05) is 47.2 Å². The molecule has 0 aliphatic rings. The van der Waals surface area contributed by atoms with Gasteiger partial charge in [-0.05, 0) is 46.2 Å². The first kappa shape index (κ1) is 16.4. The Morgan fingerprint density at radius 1 is 1.08 bits per heavy atom. The zero-order valence-electron chi connectivity index (χ0n) is 12.8. The molecule has 6 heteroatoms. The molecule has 122 valence electrons. The van der Waals surface area contributed by atoms with E-state index in [-0.39, 0.29) is 6.54 Å². The molecule has 3 rings (SSSR count). The van der Waals surface area contributed by atoms with Crippen molar-refractivity contribution in [2.45, 2.75) is 6.54 Å². The molecule has 0 aliphatic heterocycles. The van der Waals surface area contributed by atoms with E-state index in [0.29, 0.717) is 5.69 Å². The quantitative estimate of drug-likeness (QED) is 0.667. The van der Waals surface area contributed by atoms with E-state index in [1.54, 1.807) is 41.9 Å². The van der Waals surface area contributed by atoms with Gasteiger partial charge in [-0.3, -0.25) is 9.29 Å². The van der Waals surface area contributed by atoms with Gasteiger partial charge in [-0.2, -0.15) is 11.3 Å². The molecule has 0 atom stereocenters. The average molecular weight is 356 g/mol. The molecule has 0 fully saturated rings. The highest BCUT2D eigenvalue weighted by molar-refractivity contribution is 7.95. The van der Waals surface area contributed by atoms with E-state index in [1.165, 1.54) is 9.71 Å². The highest BCUT2D eigenvalue weighted by atomic mass is 32.2. The van der Waals surface area contributed by atoms with E-state index in [2.05, 4.69) is 4.98 Å². The summed E-state index contributed by atoms with van der Waals surface area (Å²) in [6.07, 6.45) is 4.78. The molecule has 0 saturated carbocycles. The Morgan fingerprint density at radius 2 is 1.92 bits per heavy atom. The Balaban J connectivity index is 1.93. The number of aromatic nitrogens is 1. The van der Waals surface area contributed by atoms with Crippen LogP contribution in [0, 0.1) is 0 Å². The summed E-state index contributed by atoms with van der Waals surface area (Å²) in [4.78, 5) is 4.04. The predicted molar refractivity (Wildman–Crippen MR) is 99.1 cm³/mol.